The second-order valence-electron chi connectivity index (χ2n) is 6.83. The minimum atomic E-state index is 0.182. The Morgan fingerprint density at radius 3 is 1.75 bits per heavy atom. The molecule has 0 aromatic heterocycles. The van der Waals surface area contributed by atoms with Crippen LogP contribution in [-0.2, 0) is 18.5 Å². The lowest BCUT2D eigenvalue weighted by atomic mass is 9.87. The highest BCUT2D eigenvalue weighted by Gasteiger charge is 2.12. The van der Waals surface area contributed by atoms with E-state index in [0.29, 0.717) is 11.7 Å². The number of benzene rings is 2. The lowest BCUT2D eigenvalue weighted by Crippen LogP contribution is -2.34. The van der Waals surface area contributed by atoms with Crippen LogP contribution in [0.1, 0.15) is 37.5 Å². The predicted molar refractivity (Wildman–Crippen MR) is 104 cm³/mol. The van der Waals surface area contributed by atoms with Crippen molar-refractivity contribution in [2.24, 2.45) is 0 Å². The van der Waals surface area contributed by atoms with E-state index in [1.807, 2.05) is 24.3 Å². The van der Waals surface area contributed by atoms with Gasteiger partial charge in [-0.15, -0.1) is 0 Å². The van der Waals surface area contributed by atoms with Gasteiger partial charge in [0.2, 0.25) is 0 Å². The van der Waals surface area contributed by atoms with Crippen molar-refractivity contribution < 1.29 is 4.74 Å². The molecule has 0 fully saturated rings. The maximum absolute atomic E-state index is 5.34. The molecule has 24 heavy (non-hydrogen) atoms. The van der Waals surface area contributed by atoms with Gasteiger partial charge in [-0.25, -0.2) is 0 Å². The van der Waals surface area contributed by atoms with Gasteiger partial charge < -0.3 is 15.4 Å². The Kier molecular flexibility index (Phi) is 6.21. The second-order valence-corrected chi connectivity index (χ2v) is 7.24. The minimum absolute atomic E-state index is 0.182. The molecule has 128 valence electrons. The number of rotatable bonds is 5. The van der Waals surface area contributed by atoms with Crippen LogP contribution in [-0.4, -0.2) is 12.2 Å². The highest BCUT2D eigenvalue weighted by Crippen LogP contribution is 2.22. The largest absolute Gasteiger partial charge is 0.497 e. The van der Waals surface area contributed by atoms with E-state index in [1.54, 1.807) is 7.11 Å². The topological polar surface area (TPSA) is 33.3 Å². The van der Waals surface area contributed by atoms with E-state index in [4.69, 9.17) is 17.0 Å². The average molecular weight is 343 g/mol. The first-order valence-corrected chi connectivity index (χ1v) is 8.53. The molecule has 0 unspecified atom stereocenters. The minimum Gasteiger partial charge on any atom is -0.497 e. The third-order valence-corrected chi connectivity index (χ3v) is 4.17. The van der Waals surface area contributed by atoms with Crippen LogP contribution in [0.2, 0.25) is 0 Å². The number of methoxy groups -OCH3 is 1. The van der Waals surface area contributed by atoms with Gasteiger partial charge in [-0.1, -0.05) is 57.2 Å². The van der Waals surface area contributed by atoms with Crippen LogP contribution in [0, 0.1) is 0 Å². The molecule has 4 heteroatoms. The summed E-state index contributed by atoms with van der Waals surface area (Å²) in [4.78, 5) is 0. The quantitative estimate of drug-likeness (QED) is 0.800. The van der Waals surface area contributed by atoms with Crippen molar-refractivity contribution in [3.8, 4) is 5.75 Å². The summed E-state index contributed by atoms with van der Waals surface area (Å²) >= 11 is 5.34. The molecule has 0 radical (unpaired) electrons. The van der Waals surface area contributed by atoms with Crippen LogP contribution >= 0.6 is 12.2 Å². The van der Waals surface area contributed by atoms with Crippen molar-refractivity contribution in [3.05, 3.63) is 65.2 Å². The number of hydrogen-bond acceptors (Lipinski definition) is 2. The van der Waals surface area contributed by atoms with Gasteiger partial charge in [-0.2, -0.15) is 0 Å². The fourth-order valence-electron chi connectivity index (χ4n) is 2.29. The Morgan fingerprint density at radius 2 is 1.33 bits per heavy atom. The highest BCUT2D eigenvalue weighted by atomic mass is 32.1. The van der Waals surface area contributed by atoms with Crippen LogP contribution in [0.3, 0.4) is 0 Å². The summed E-state index contributed by atoms with van der Waals surface area (Å²) in [6, 6.07) is 16.6. The normalized spacial score (nSPS) is 11.0. The molecule has 0 amide bonds. The summed E-state index contributed by atoms with van der Waals surface area (Å²) in [5, 5.41) is 7.13. The van der Waals surface area contributed by atoms with E-state index < -0.39 is 0 Å². The standard InChI is InChI=1S/C20H26N2OS/c1-20(2,3)17-9-5-15(6-10-17)13-21-19(24)22-14-16-7-11-18(23-4)12-8-16/h5-12H,13-14H2,1-4H3,(H2,21,22,24). The molecule has 0 saturated carbocycles. The molecule has 2 aromatic carbocycles. The summed E-state index contributed by atoms with van der Waals surface area (Å²) in [6.07, 6.45) is 0. The van der Waals surface area contributed by atoms with Gasteiger partial charge in [0.1, 0.15) is 5.75 Å². The molecule has 2 rings (SSSR count). The van der Waals surface area contributed by atoms with Gasteiger partial charge >= 0.3 is 0 Å². The van der Waals surface area contributed by atoms with E-state index >= 15 is 0 Å². The van der Waals surface area contributed by atoms with Crippen molar-refractivity contribution in [3.63, 3.8) is 0 Å². The molecule has 0 aliphatic carbocycles. The molecule has 0 aliphatic heterocycles. The van der Waals surface area contributed by atoms with E-state index in [-0.39, 0.29) is 5.41 Å². The van der Waals surface area contributed by atoms with Crippen molar-refractivity contribution in [1.29, 1.82) is 0 Å². The van der Waals surface area contributed by atoms with Crippen molar-refractivity contribution in [2.75, 3.05) is 7.11 Å². The molecule has 0 atom stereocenters. The molecule has 2 N–H and O–H groups in total. The zero-order valence-corrected chi connectivity index (χ0v) is 15.7. The number of hydrogen-bond donors (Lipinski definition) is 2. The van der Waals surface area contributed by atoms with E-state index in [1.165, 1.54) is 11.1 Å². The Hall–Kier alpha value is -2.07. The Balaban J connectivity index is 1.78. The van der Waals surface area contributed by atoms with Crippen molar-refractivity contribution >= 4 is 17.3 Å². The lowest BCUT2D eigenvalue weighted by molar-refractivity contribution is 0.414. The average Bonchev–Trinajstić information content (AvgIpc) is 2.58. The fourth-order valence-corrected chi connectivity index (χ4v) is 2.44. The SMILES string of the molecule is COc1ccc(CNC(=S)NCc2ccc(C(C)(C)C)cc2)cc1. The van der Waals surface area contributed by atoms with Crippen LogP contribution in [0.4, 0.5) is 0 Å². The van der Waals surface area contributed by atoms with Gasteiger partial charge in [-0.3, -0.25) is 0 Å². The Morgan fingerprint density at radius 1 is 0.875 bits per heavy atom. The maximum Gasteiger partial charge on any atom is 0.166 e. The zero-order chi connectivity index (χ0) is 17.6. The van der Waals surface area contributed by atoms with Gasteiger partial charge in [0.05, 0.1) is 7.11 Å². The molecule has 2 aromatic rings. The fraction of sp³-hybridized carbons (Fsp3) is 0.350. The van der Waals surface area contributed by atoms with E-state index in [2.05, 4.69) is 55.7 Å². The molecule has 0 bridgehead atoms. The molecular formula is C20H26N2OS. The first kappa shape index (κ1) is 18.3. The van der Waals surface area contributed by atoms with Crippen LogP contribution in [0.5, 0.6) is 5.75 Å². The van der Waals surface area contributed by atoms with Crippen LogP contribution < -0.4 is 15.4 Å². The smallest absolute Gasteiger partial charge is 0.166 e. The summed E-state index contributed by atoms with van der Waals surface area (Å²) in [6.45, 7) is 8.08. The van der Waals surface area contributed by atoms with E-state index in [0.717, 1.165) is 17.9 Å². The zero-order valence-electron chi connectivity index (χ0n) is 14.8. The first-order chi connectivity index (χ1) is 11.4. The van der Waals surface area contributed by atoms with Crippen LogP contribution in [0.15, 0.2) is 48.5 Å². The van der Waals surface area contributed by atoms with Gasteiger partial charge in [0, 0.05) is 13.1 Å². The van der Waals surface area contributed by atoms with Gasteiger partial charge in [0.25, 0.3) is 0 Å². The third-order valence-electron chi connectivity index (χ3n) is 3.89. The molecule has 3 nitrogen and oxygen atoms in total. The number of ether oxygens (including phenoxy) is 1. The van der Waals surface area contributed by atoms with Crippen molar-refractivity contribution in [2.45, 2.75) is 39.3 Å². The summed E-state index contributed by atoms with van der Waals surface area (Å²) in [7, 11) is 1.67. The second kappa shape index (κ2) is 8.15. The Labute approximate surface area is 150 Å². The van der Waals surface area contributed by atoms with Crippen LogP contribution in [0.25, 0.3) is 0 Å². The third kappa shape index (κ3) is 5.53. The molecular weight excluding hydrogens is 316 g/mol. The number of thiocarbonyl (C=S) groups is 1. The predicted octanol–water partition coefficient (Wildman–Crippen LogP) is 4.16. The summed E-state index contributed by atoms with van der Waals surface area (Å²) in [5.41, 5.74) is 3.90. The van der Waals surface area contributed by atoms with Crippen molar-refractivity contribution in [1.82, 2.24) is 10.6 Å². The van der Waals surface area contributed by atoms with E-state index in [9.17, 15) is 0 Å². The molecule has 0 heterocycles. The molecule has 0 spiro atoms. The van der Waals surface area contributed by atoms with Gasteiger partial charge in [-0.05, 0) is 46.5 Å². The monoisotopic (exact) mass is 342 g/mol. The summed E-state index contributed by atoms with van der Waals surface area (Å²) < 4.78 is 5.15. The maximum atomic E-state index is 5.34. The molecule has 0 aliphatic rings. The molecule has 0 saturated heterocycles. The number of nitrogens with one attached hydrogen (secondary N) is 2. The van der Waals surface area contributed by atoms with Gasteiger partial charge in [0.15, 0.2) is 5.11 Å². The highest BCUT2D eigenvalue weighted by molar-refractivity contribution is 7.80. The summed E-state index contributed by atoms with van der Waals surface area (Å²) in [5.74, 6) is 0.859. The first-order valence-electron chi connectivity index (χ1n) is 8.12. The lowest BCUT2D eigenvalue weighted by Gasteiger charge is -2.19. The Bertz CT molecular complexity index is 658.